The highest BCUT2D eigenvalue weighted by atomic mass is 16.5. The summed E-state index contributed by atoms with van der Waals surface area (Å²) in [5, 5.41) is 12.1. The predicted octanol–water partition coefficient (Wildman–Crippen LogP) is 3.25. The number of fused-ring (bicyclic) bond motifs is 3. The minimum Gasteiger partial charge on any atom is -0.481 e. The lowest BCUT2D eigenvalue weighted by Crippen LogP contribution is -2.39. The molecule has 184 valence electrons. The number of likely N-dealkylation sites (tertiary alicyclic amines) is 1. The Morgan fingerprint density at radius 2 is 1.69 bits per heavy atom. The van der Waals surface area contributed by atoms with E-state index in [4.69, 9.17) is 9.47 Å². The molecule has 35 heavy (non-hydrogen) atoms. The standard InChI is InChI=1S/C27H30N2O6/c1-16-13-29(14-22(16)26(31)32)25(30)24-11-10-17(35-24)12-28-27(33)34-15-23-20-8-4-2-6-18(20)19-7-3-5-9-21(19)23/h2-9,16-17,22-24H,10-15H2,1H3,(H,28,33)(H,31,32)/t16-,17?,22-,24?/m1/s1. The summed E-state index contributed by atoms with van der Waals surface area (Å²) < 4.78 is 11.4. The van der Waals surface area contributed by atoms with Gasteiger partial charge in [0.15, 0.2) is 0 Å². The van der Waals surface area contributed by atoms with Crippen LogP contribution < -0.4 is 5.32 Å². The van der Waals surface area contributed by atoms with Crippen LogP contribution in [-0.4, -0.2) is 66.4 Å². The first kappa shape index (κ1) is 23.4. The molecule has 8 nitrogen and oxygen atoms in total. The van der Waals surface area contributed by atoms with E-state index in [-0.39, 0.29) is 43.5 Å². The summed E-state index contributed by atoms with van der Waals surface area (Å²) in [6.07, 6.45) is -0.184. The molecule has 2 heterocycles. The molecule has 2 saturated heterocycles. The maximum atomic E-state index is 12.8. The predicted molar refractivity (Wildman–Crippen MR) is 128 cm³/mol. The fourth-order valence-electron chi connectivity index (χ4n) is 5.56. The van der Waals surface area contributed by atoms with E-state index in [0.29, 0.717) is 19.4 Å². The molecule has 2 aliphatic heterocycles. The van der Waals surface area contributed by atoms with Crippen molar-refractivity contribution in [3.8, 4) is 11.1 Å². The number of rotatable bonds is 6. The molecule has 2 amide bonds. The molecule has 0 saturated carbocycles. The summed E-state index contributed by atoms with van der Waals surface area (Å²) in [5.41, 5.74) is 4.66. The largest absolute Gasteiger partial charge is 0.481 e. The summed E-state index contributed by atoms with van der Waals surface area (Å²) in [6, 6.07) is 16.4. The van der Waals surface area contributed by atoms with Crippen LogP contribution in [0.5, 0.6) is 0 Å². The van der Waals surface area contributed by atoms with Crippen LogP contribution in [0.15, 0.2) is 48.5 Å². The van der Waals surface area contributed by atoms with Crippen molar-refractivity contribution in [1.29, 1.82) is 0 Å². The number of hydrogen-bond donors (Lipinski definition) is 2. The number of hydrogen-bond acceptors (Lipinski definition) is 5. The van der Waals surface area contributed by atoms with Gasteiger partial charge in [-0.05, 0) is 41.0 Å². The molecule has 2 N–H and O–H groups in total. The van der Waals surface area contributed by atoms with Crippen molar-refractivity contribution in [3.63, 3.8) is 0 Å². The maximum absolute atomic E-state index is 12.8. The lowest BCUT2D eigenvalue weighted by Gasteiger charge is -2.21. The van der Waals surface area contributed by atoms with Gasteiger partial charge >= 0.3 is 12.1 Å². The quantitative estimate of drug-likeness (QED) is 0.660. The second-order valence-corrected chi connectivity index (χ2v) is 9.70. The summed E-state index contributed by atoms with van der Waals surface area (Å²) in [7, 11) is 0. The highest BCUT2D eigenvalue weighted by Gasteiger charge is 2.41. The van der Waals surface area contributed by atoms with Gasteiger partial charge in [-0.1, -0.05) is 55.5 Å². The normalized spacial score (nSPS) is 25.2. The molecule has 0 aromatic heterocycles. The van der Waals surface area contributed by atoms with E-state index < -0.39 is 24.1 Å². The highest BCUT2D eigenvalue weighted by Crippen LogP contribution is 2.44. The molecule has 8 heteroatoms. The number of benzene rings is 2. The van der Waals surface area contributed by atoms with E-state index in [1.165, 1.54) is 11.1 Å². The summed E-state index contributed by atoms with van der Waals surface area (Å²) in [4.78, 5) is 38.1. The van der Waals surface area contributed by atoms with Crippen LogP contribution in [0.1, 0.15) is 36.8 Å². The van der Waals surface area contributed by atoms with Gasteiger partial charge in [0.05, 0.1) is 12.0 Å². The minimum absolute atomic E-state index is 0.00429. The van der Waals surface area contributed by atoms with E-state index in [1.807, 2.05) is 31.2 Å². The van der Waals surface area contributed by atoms with Gasteiger partial charge in [0.25, 0.3) is 5.91 Å². The third-order valence-electron chi connectivity index (χ3n) is 7.44. The molecule has 0 bridgehead atoms. The van der Waals surface area contributed by atoms with Crippen molar-refractivity contribution in [2.75, 3.05) is 26.2 Å². The van der Waals surface area contributed by atoms with Gasteiger partial charge in [-0.3, -0.25) is 9.59 Å². The van der Waals surface area contributed by atoms with E-state index in [2.05, 4.69) is 29.6 Å². The highest BCUT2D eigenvalue weighted by molar-refractivity contribution is 5.83. The third-order valence-corrected chi connectivity index (χ3v) is 7.44. The molecular formula is C27H30N2O6. The van der Waals surface area contributed by atoms with E-state index >= 15 is 0 Å². The second kappa shape index (κ2) is 9.70. The van der Waals surface area contributed by atoms with Crippen LogP contribution >= 0.6 is 0 Å². The van der Waals surface area contributed by atoms with Crippen LogP contribution in [0.3, 0.4) is 0 Å². The summed E-state index contributed by atoms with van der Waals surface area (Å²) in [5.74, 6) is -1.65. The number of amides is 2. The number of carboxylic acids is 1. The first-order valence-corrected chi connectivity index (χ1v) is 12.2. The van der Waals surface area contributed by atoms with Gasteiger partial charge in [-0.15, -0.1) is 0 Å². The number of nitrogens with zero attached hydrogens (tertiary/aromatic N) is 1. The van der Waals surface area contributed by atoms with Crippen LogP contribution in [0.4, 0.5) is 4.79 Å². The number of ether oxygens (including phenoxy) is 2. The monoisotopic (exact) mass is 478 g/mol. The number of carboxylic acid groups (broad SMARTS) is 1. The van der Waals surface area contributed by atoms with Crippen molar-refractivity contribution < 1.29 is 29.0 Å². The Labute approximate surface area is 204 Å². The summed E-state index contributed by atoms with van der Waals surface area (Å²) >= 11 is 0. The van der Waals surface area contributed by atoms with Crippen LogP contribution in [0, 0.1) is 11.8 Å². The number of carbonyl (C=O) groups is 3. The van der Waals surface area contributed by atoms with E-state index in [9.17, 15) is 19.5 Å². The summed E-state index contributed by atoms with van der Waals surface area (Å²) in [6.45, 7) is 3.00. The van der Waals surface area contributed by atoms with Gasteiger partial charge in [0, 0.05) is 25.6 Å². The Balaban J connectivity index is 1.09. The molecule has 0 radical (unpaired) electrons. The Morgan fingerprint density at radius 1 is 1.03 bits per heavy atom. The van der Waals surface area contributed by atoms with E-state index in [0.717, 1.165) is 11.1 Å². The van der Waals surface area contributed by atoms with Crippen molar-refractivity contribution in [1.82, 2.24) is 10.2 Å². The topological polar surface area (TPSA) is 105 Å². The molecule has 2 fully saturated rings. The molecule has 1 aliphatic carbocycles. The SMILES string of the molecule is C[C@@H]1CN(C(=O)C2CCC(CNC(=O)OCC3c4ccccc4-c4ccccc43)O2)C[C@H]1C(=O)O. The Kier molecular flexibility index (Phi) is 6.47. The molecule has 4 atom stereocenters. The van der Waals surface area contributed by atoms with Crippen molar-refractivity contribution >= 4 is 18.0 Å². The Hall–Kier alpha value is -3.39. The third kappa shape index (κ3) is 4.62. The zero-order chi connectivity index (χ0) is 24.5. The lowest BCUT2D eigenvalue weighted by atomic mass is 9.98. The average molecular weight is 479 g/mol. The van der Waals surface area contributed by atoms with Crippen molar-refractivity contribution in [3.05, 3.63) is 59.7 Å². The molecule has 2 aromatic rings. The number of aliphatic carboxylic acids is 1. The molecule has 5 rings (SSSR count). The van der Waals surface area contributed by atoms with Gasteiger partial charge in [-0.25, -0.2) is 4.79 Å². The smallest absolute Gasteiger partial charge is 0.407 e. The number of alkyl carbamates (subject to hydrolysis) is 1. The first-order chi connectivity index (χ1) is 16.9. The van der Waals surface area contributed by atoms with Gasteiger partial charge < -0.3 is 24.8 Å². The van der Waals surface area contributed by atoms with Gasteiger partial charge in [-0.2, -0.15) is 0 Å². The Bertz CT molecular complexity index is 1090. The number of carbonyl (C=O) groups excluding carboxylic acids is 2. The van der Waals surface area contributed by atoms with Crippen molar-refractivity contribution in [2.45, 2.75) is 37.9 Å². The molecule has 3 aliphatic rings. The van der Waals surface area contributed by atoms with Crippen LogP contribution in [0.25, 0.3) is 11.1 Å². The van der Waals surface area contributed by atoms with Crippen LogP contribution in [-0.2, 0) is 19.1 Å². The molecular weight excluding hydrogens is 448 g/mol. The molecule has 2 aromatic carbocycles. The van der Waals surface area contributed by atoms with E-state index in [1.54, 1.807) is 4.90 Å². The average Bonchev–Trinajstić information content (AvgIpc) is 3.57. The van der Waals surface area contributed by atoms with Gasteiger partial charge in [0.2, 0.25) is 0 Å². The van der Waals surface area contributed by atoms with Crippen molar-refractivity contribution in [2.24, 2.45) is 11.8 Å². The Morgan fingerprint density at radius 3 is 2.31 bits per heavy atom. The number of nitrogens with one attached hydrogen (secondary N) is 1. The second-order valence-electron chi connectivity index (χ2n) is 9.70. The zero-order valence-corrected chi connectivity index (χ0v) is 19.7. The maximum Gasteiger partial charge on any atom is 0.407 e. The molecule has 0 spiro atoms. The van der Waals surface area contributed by atoms with Crippen LogP contribution in [0.2, 0.25) is 0 Å². The lowest BCUT2D eigenvalue weighted by molar-refractivity contribution is -0.144. The fraction of sp³-hybridized carbons (Fsp3) is 0.444. The van der Waals surface area contributed by atoms with Gasteiger partial charge in [0.1, 0.15) is 12.7 Å². The minimum atomic E-state index is -0.870. The fourth-order valence-corrected chi connectivity index (χ4v) is 5.56. The zero-order valence-electron chi connectivity index (χ0n) is 19.7. The first-order valence-electron chi connectivity index (χ1n) is 12.2. The molecule has 2 unspecified atom stereocenters.